The number of pyridine rings is 1. The number of aromatic nitrogens is 3. The van der Waals surface area contributed by atoms with Gasteiger partial charge >= 0.3 is 0 Å². The minimum atomic E-state index is 0.177. The summed E-state index contributed by atoms with van der Waals surface area (Å²) >= 11 is 0. The van der Waals surface area contributed by atoms with Gasteiger partial charge in [0.05, 0.1) is 38.3 Å². The second kappa shape index (κ2) is 7.43. The number of amides is 1. The number of hydrogen-bond donors (Lipinski definition) is 1. The molecule has 0 radical (unpaired) electrons. The molecule has 2 aliphatic rings. The molecule has 4 rings (SSSR count). The number of aromatic amines is 1. The number of fused-ring (bicyclic) bond motifs is 1. The lowest BCUT2D eigenvalue weighted by Crippen LogP contribution is -2.46. The molecule has 0 bridgehead atoms. The summed E-state index contributed by atoms with van der Waals surface area (Å²) in [4.78, 5) is 28.8. The zero-order valence-corrected chi connectivity index (χ0v) is 14.9. The fraction of sp³-hybridized carbons (Fsp3) is 0.500. The van der Waals surface area contributed by atoms with E-state index in [0.29, 0.717) is 45.3 Å². The summed E-state index contributed by atoms with van der Waals surface area (Å²) in [6.07, 6.45) is 2.59. The number of ether oxygens (including phenoxy) is 2. The van der Waals surface area contributed by atoms with E-state index in [1.54, 1.807) is 13.3 Å². The summed E-state index contributed by atoms with van der Waals surface area (Å²) in [6, 6.07) is 3.76. The van der Waals surface area contributed by atoms with E-state index < -0.39 is 0 Å². The molecule has 4 heterocycles. The standard InChI is InChI=1S/C18H23N5O3/c1-25-16-3-2-13(10-19-16)18-20-14-4-5-22(11-15(14)21-18)12-17(24)23-6-8-26-9-7-23/h2-3,10H,4-9,11-12H2,1H3,(H,20,21). The van der Waals surface area contributed by atoms with Crippen LogP contribution in [0.5, 0.6) is 5.88 Å². The molecule has 1 N–H and O–H groups in total. The van der Waals surface area contributed by atoms with Crippen molar-refractivity contribution in [3.05, 3.63) is 29.7 Å². The number of morpholine rings is 1. The highest BCUT2D eigenvalue weighted by Crippen LogP contribution is 2.23. The first-order chi connectivity index (χ1) is 12.7. The summed E-state index contributed by atoms with van der Waals surface area (Å²) in [6.45, 7) is 4.65. The zero-order valence-electron chi connectivity index (χ0n) is 14.9. The molecule has 1 fully saturated rings. The van der Waals surface area contributed by atoms with Gasteiger partial charge in [0.15, 0.2) is 0 Å². The third kappa shape index (κ3) is 3.56. The molecule has 26 heavy (non-hydrogen) atoms. The molecule has 0 aromatic carbocycles. The predicted octanol–water partition coefficient (Wildman–Crippen LogP) is 0.697. The molecule has 0 saturated carbocycles. The second-order valence-electron chi connectivity index (χ2n) is 6.55. The van der Waals surface area contributed by atoms with Crippen molar-refractivity contribution in [3.8, 4) is 17.3 Å². The number of carbonyl (C=O) groups is 1. The largest absolute Gasteiger partial charge is 0.481 e. The Balaban J connectivity index is 1.42. The van der Waals surface area contributed by atoms with Crippen LogP contribution in [-0.2, 0) is 22.5 Å². The molecule has 0 unspecified atom stereocenters. The smallest absolute Gasteiger partial charge is 0.236 e. The lowest BCUT2D eigenvalue weighted by atomic mass is 10.1. The molecule has 1 saturated heterocycles. The molecule has 1 amide bonds. The van der Waals surface area contributed by atoms with Crippen molar-refractivity contribution in [2.24, 2.45) is 0 Å². The van der Waals surface area contributed by atoms with Crippen molar-refractivity contribution < 1.29 is 14.3 Å². The van der Waals surface area contributed by atoms with E-state index in [0.717, 1.165) is 35.7 Å². The minimum Gasteiger partial charge on any atom is -0.481 e. The zero-order chi connectivity index (χ0) is 17.9. The van der Waals surface area contributed by atoms with Crippen molar-refractivity contribution >= 4 is 5.91 Å². The average Bonchev–Trinajstić information content (AvgIpc) is 3.12. The van der Waals surface area contributed by atoms with Gasteiger partial charge in [0.2, 0.25) is 11.8 Å². The summed E-state index contributed by atoms with van der Waals surface area (Å²) in [5.74, 6) is 1.57. The van der Waals surface area contributed by atoms with Gasteiger partial charge in [-0.15, -0.1) is 0 Å². The van der Waals surface area contributed by atoms with Crippen molar-refractivity contribution in [1.82, 2.24) is 24.8 Å². The van der Waals surface area contributed by atoms with Gasteiger partial charge in [-0.1, -0.05) is 0 Å². The Morgan fingerprint density at radius 1 is 1.31 bits per heavy atom. The Morgan fingerprint density at radius 3 is 2.88 bits per heavy atom. The lowest BCUT2D eigenvalue weighted by Gasteiger charge is -2.31. The number of carbonyl (C=O) groups excluding carboxylic acids is 1. The molecule has 138 valence electrons. The molecule has 2 aliphatic heterocycles. The molecule has 0 aliphatic carbocycles. The maximum Gasteiger partial charge on any atom is 0.236 e. The SMILES string of the molecule is COc1ccc(-c2nc3c([nH]2)CN(CC(=O)N2CCOCC2)CC3)cn1. The third-order valence-corrected chi connectivity index (χ3v) is 4.85. The fourth-order valence-electron chi connectivity index (χ4n) is 3.37. The van der Waals surface area contributed by atoms with E-state index in [2.05, 4.69) is 14.9 Å². The first-order valence-electron chi connectivity index (χ1n) is 8.89. The topological polar surface area (TPSA) is 83.6 Å². The predicted molar refractivity (Wildman–Crippen MR) is 94.8 cm³/mol. The Hall–Kier alpha value is -2.45. The second-order valence-corrected chi connectivity index (χ2v) is 6.55. The number of methoxy groups -OCH3 is 1. The number of nitrogens with one attached hydrogen (secondary N) is 1. The van der Waals surface area contributed by atoms with Gasteiger partial charge < -0.3 is 19.4 Å². The summed E-state index contributed by atoms with van der Waals surface area (Å²) < 4.78 is 10.4. The van der Waals surface area contributed by atoms with Gasteiger partial charge in [0, 0.05) is 50.4 Å². The molecule has 2 aromatic rings. The number of imidazole rings is 1. The normalized spacial score (nSPS) is 17.8. The monoisotopic (exact) mass is 357 g/mol. The Morgan fingerprint density at radius 2 is 2.15 bits per heavy atom. The van der Waals surface area contributed by atoms with Crippen LogP contribution in [-0.4, -0.2) is 77.2 Å². The van der Waals surface area contributed by atoms with E-state index in [1.165, 1.54) is 0 Å². The van der Waals surface area contributed by atoms with E-state index >= 15 is 0 Å². The van der Waals surface area contributed by atoms with E-state index in [4.69, 9.17) is 14.5 Å². The molecule has 8 heteroatoms. The van der Waals surface area contributed by atoms with Crippen LogP contribution in [0.15, 0.2) is 18.3 Å². The van der Waals surface area contributed by atoms with Gasteiger partial charge in [0.25, 0.3) is 0 Å². The number of H-pyrrole nitrogens is 1. The Kier molecular flexibility index (Phi) is 4.85. The summed E-state index contributed by atoms with van der Waals surface area (Å²) in [7, 11) is 1.60. The fourth-order valence-corrected chi connectivity index (χ4v) is 3.37. The molecule has 0 spiro atoms. The van der Waals surface area contributed by atoms with Crippen molar-refractivity contribution in [2.45, 2.75) is 13.0 Å². The van der Waals surface area contributed by atoms with E-state index in [1.807, 2.05) is 17.0 Å². The first kappa shape index (κ1) is 17.0. The lowest BCUT2D eigenvalue weighted by molar-refractivity contribution is -0.136. The van der Waals surface area contributed by atoms with Crippen molar-refractivity contribution in [3.63, 3.8) is 0 Å². The molecule has 0 atom stereocenters. The maximum atomic E-state index is 12.4. The highest BCUT2D eigenvalue weighted by Gasteiger charge is 2.25. The third-order valence-electron chi connectivity index (χ3n) is 4.85. The highest BCUT2D eigenvalue weighted by atomic mass is 16.5. The van der Waals surface area contributed by atoms with Crippen LogP contribution in [0.2, 0.25) is 0 Å². The van der Waals surface area contributed by atoms with Crippen LogP contribution in [0.25, 0.3) is 11.4 Å². The Bertz CT molecular complexity index is 768. The van der Waals surface area contributed by atoms with Crippen LogP contribution in [0.3, 0.4) is 0 Å². The summed E-state index contributed by atoms with van der Waals surface area (Å²) in [5.41, 5.74) is 3.08. The quantitative estimate of drug-likeness (QED) is 0.867. The van der Waals surface area contributed by atoms with Crippen LogP contribution < -0.4 is 4.74 Å². The number of hydrogen-bond acceptors (Lipinski definition) is 6. The first-order valence-corrected chi connectivity index (χ1v) is 8.89. The van der Waals surface area contributed by atoms with Gasteiger partial charge in [-0.05, 0) is 6.07 Å². The molecular weight excluding hydrogens is 334 g/mol. The van der Waals surface area contributed by atoms with Crippen LogP contribution in [0, 0.1) is 0 Å². The van der Waals surface area contributed by atoms with Crippen molar-refractivity contribution in [1.29, 1.82) is 0 Å². The van der Waals surface area contributed by atoms with E-state index in [9.17, 15) is 4.79 Å². The maximum absolute atomic E-state index is 12.4. The van der Waals surface area contributed by atoms with Gasteiger partial charge in [-0.3, -0.25) is 9.69 Å². The minimum absolute atomic E-state index is 0.177. The molecular formula is C18H23N5O3. The van der Waals surface area contributed by atoms with Crippen LogP contribution in [0.4, 0.5) is 0 Å². The van der Waals surface area contributed by atoms with Gasteiger partial charge in [0.1, 0.15) is 5.82 Å². The highest BCUT2D eigenvalue weighted by molar-refractivity contribution is 5.78. The molecule has 2 aromatic heterocycles. The van der Waals surface area contributed by atoms with Crippen LogP contribution >= 0.6 is 0 Å². The number of rotatable bonds is 4. The average molecular weight is 357 g/mol. The van der Waals surface area contributed by atoms with Crippen LogP contribution in [0.1, 0.15) is 11.4 Å². The number of nitrogens with zero attached hydrogens (tertiary/aromatic N) is 4. The Labute approximate surface area is 152 Å². The molecule has 8 nitrogen and oxygen atoms in total. The van der Waals surface area contributed by atoms with Crippen molar-refractivity contribution in [2.75, 3.05) is 46.5 Å². The van der Waals surface area contributed by atoms with E-state index in [-0.39, 0.29) is 5.91 Å². The van der Waals surface area contributed by atoms with Gasteiger partial charge in [-0.2, -0.15) is 0 Å². The van der Waals surface area contributed by atoms with Gasteiger partial charge in [-0.25, -0.2) is 9.97 Å². The summed E-state index contributed by atoms with van der Waals surface area (Å²) in [5, 5.41) is 0.